The summed E-state index contributed by atoms with van der Waals surface area (Å²) in [5.74, 6) is 0.646. The van der Waals surface area contributed by atoms with Crippen molar-refractivity contribution >= 4 is 11.3 Å². The maximum Gasteiger partial charge on any atom is 0.160 e. The summed E-state index contributed by atoms with van der Waals surface area (Å²) in [5.41, 5.74) is 11.0. The van der Waals surface area contributed by atoms with Gasteiger partial charge in [0.1, 0.15) is 0 Å². The van der Waals surface area contributed by atoms with Gasteiger partial charge in [0.05, 0.1) is 11.4 Å². The quantitative estimate of drug-likeness (QED) is 0.521. The monoisotopic (exact) mass is 325 g/mol. The number of aromatic nitrogens is 2. The van der Waals surface area contributed by atoms with Crippen molar-refractivity contribution < 1.29 is 0 Å². The Bertz CT molecular complexity index is 923. The van der Waals surface area contributed by atoms with E-state index < -0.39 is 0 Å². The molecule has 3 aromatic rings. The number of hydrogen-bond acceptors (Lipinski definition) is 3. The topological polar surface area (TPSA) is 51.8 Å². The fourth-order valence-electron chi connectivity index (χ4n) is 2.50. The minimum absolute atomic E-state index is 0.646. The molecule has 2 N–H and O–H groups in total. The zero-order valence-corrected chi connectivity index (χ0v) is 13.9. The molecule has 0 fully saturated rings. The Morgan fingerprint density at radius 2 is 1.60 bits per heavy atom. The van der Waals surface area contributed by atoms with Crippen molar-refractivity contribution in [2.24, 2.45) is 0 Å². The van der Waals surface area contributed by atoms with E-state index >= 15 is 0 Å². The molecule has 122 valence electrons. The second kappa shape index (κ2) is 7.41. The van der Waals surface area contributed by atoms with Crippen LogP contribution in [0.5, 0.6) is 0 Å². The Labute approximate surface area is 147 Å². The number of allylic oxidation sites excluding steroid dienone is 4. The minimum atomic E-state index is 0.646. The molecule has 0 unspecified atom stereocenters. The molecular formula is C22H19N3. The van der Waals surface area contributed by atoms with E-state index in [4.69, 9.17) is 15.7 Å². The predicted octanol–water partition coefficient (Wildman–Crippen LogP) is 5.15. The number of nitrogen functional groups attached to an aromatic ring is 1. The Kier molecular flexibility index (Phi) is 4.86. The SMILES string of the molecule is C=C/C=C(\C=C)c1cc(-c2ccccc2)nc(-c2ccc(N)cc2)n1. The second-order valence-corrected chi connectivity index (χ2v) is 5.51. The number of anilines is 1. The van der Waals surface area contributed by atoms with Crippen molar-refractivity contribution in [3.8, 4) is 22.6 Å². The summed E-state index contributed by atoms with van der Waals surface area (Å²) in [5, 5.41) is 0. The summed E-state index contributed by atoms with van der Waals surface area (Å²) in [6, 6.07) is 19.5. The molecule has 25 heavy (non-hydrogen) atoms. The van der Waals surface area contributed by atoms with E-state index in [2.05, 4.69) is 13.2 Å². The largest absolute Gasteiger partial charge is 0.399 e. The van der Waals surface area contributed by atoms with Crippen LogP contribution in [-0.2, 0) is 0 Å². The molecule has 0 aliphatic heterocycles. The summed E-state index contributed by atoms with van der Waals surface area (Å²) < 4.78 is 0. The van der Waals surface area contributed by atoms with Crippen LogP contribution in [0.2, 0.25) is 0 Å². The van der Waals surface area contributed by atoms with E-state index in [9.17, 15) is 0 Å². The first-order valence-electron chi connectivity index (χ1n) is 7.97. The van der Waals surface area contributed by atoms with E-state index in [-0.39, 0.29) is 0 Å². The fourth-order valence-corrected chi connectivity index (χ4v) is 2.50. The van der Waals surface area contributed by atoms with Gasteiger partial charge in [0.2, 0.25) is 0 Å². The molecule has 3 heteroatoms. The van der Waals surface area contributed by atoms with Crippen LogP contribution < -0.4 is 5.73 Å². The number of benzene rings is 2. The standard InChI is InChI=1S/C22H19N3/c1-3-8-16(4-2)20-15-21(17-9-6-5-7-10-17)25-22(24-20)18-11-13-19(23)14-12-18/h3-15H,1-2,23H2/b16-8+. The van der Waals surface area contributed by atoms with Crippen LogP contribution in [0.3, 0.4) is 0 Å². The van der Waals surface area contributed by atoms with Gasteiger partial charge in [0, 0.05) is 16.8 Å². The maximum absolute atomic E-state index is 5.79. The molecule has 0 aliphatic rings. The van der Waals surface area contributed by atoms with Crippen LogP contribution in [0.15, 0.2) is 92.0 Å². The summed E-state index contributed by atoms with van der Waals surface area (Å²) in [6.07, 6.45) is 5.38. The minimum Gasteiger partial charge on any atom is -0.399 e. The molecule has 0 saturated carbocycles. The number of nitrogens with zero attached hydrogens (tertiary/aromatic N) is 2. The van der Waals surface area contributed by atoms with Crippen LogP contribution in [-0.4, -0.2) is 9.97 Å². The molecule has 3 rings (SSSR count). The normalized spacial score (nSPS) is 11.1. The van der Waals surface area contributed by atoms with Gasteiger partial charge < -0.3 is 5.73 Å². The van der Waals surface area contributed by atoms with Gasteiger partial charge in [-0.15, -0.1) is 0 Å². The number of nitrogens with two attached hydrogens (primary N) is 1. The van der Waals surface area contributed by atoms with Crippen molar-refractivity contribution in [3.05, 3.63) is 97.7 Å². The molecule has 0 radical (unpaired) electrons. The predicted molar refractivity (Wildman–Crippen MR) is 106 cm³/mol. The third-order valence-electron chi connectivity index (χ3n) is 3.78. The fraction of sp³-hybridized carbons (Fsp3) is 0. The van der Waals surface area contributed by atoms with Crippen molar-refractivity contribution in [1.29, 1.82) is 0 Å². The highest BCUT2D eigenvalue weighted by Crippen LogP contribution is 2.26. The van der Waals surface area contributed by atoms with E-state index in [0.717, 1.165) is 28.1 Å². The summed E-state index contributed by atoms with van der Waals surface area (Å²) in [4.78, 5) is 9.45. The second-order valence-electron chi connectivity index (χ2n) is 5.51. The van der Waals surface area contributed by atoms with Gasteiger partial charge >= 0.3 is 0 Å². The summed E-state index contributed by atoms with van der Waals surface area (Å²) in [6.45, 7) is 7.64. The smallest absolute Gasteiger partial charge is 0.160 e. The Morgan fingerprint density at radius 1 is 0.880 bits per heavy atom. The third kappa shape index (κ3) is 3.72. The highest BCUT2D eigenvalue weighted by Gasteiger charge is 2.10. The molecule has 2 aromatic carbocycles. The van der Waals surface area contributed by atoms with Crippen LogP contribution in [0.25, 0.3) is 28.2 Å². The molecule has 0 bridgehead atoms. The highest BCUT2D eigenvalue weighted by molar-refractivity contribution is 5.77. The molecule has 1 aromatic heterocycles. The lowest BCUT2D eigenvalue weighted by Crippen LogP contribution is -1.98. The first-order chi connectivity index (χ1) is 12.2. The lowest BCUT2D eigenvalue weighted by atomic mass is 10.1. The molecule has 0 atom stereocenters. The number of hydrogen-bond donors (Lipinski definition) is 1. The van der Waals surface area contributed by atoms with E-state index in [1.54, 1.807) is 12.2 Å². The molecular weight excluding hydrogens is 306 g/mol. The lowest BCUT2D eigenvalue weighted by Gasteiger charge is -2.09. The summed E-state index contributed by atoms with van der Waals surface area (Å²) in [7, 11) is 0. The average Bonchev–Trinajstić information content (AvgIpc) is 2.67. The van der Waals surface area contributed by atoms with Gasteiger partial charge in [0.15, 0.2) is 5.82 Å². The van der Waals surface area contributed by atoms with Crippen LogP contribution >= 0.6 is 0 Å². The Morgan fingerprint density at radius 3 is 2.24 bits per heavy atom. The van der Waals surface area contributed by atoms with Gasteiger partial charge in [-0.25, -0.2) is 9.97 Å². The van der Waals surface area contributed by atoms with E-state index in [1.807, 2.05) is 66.7 Å². The molecule has 0 saturated heterocycles. The van der Waals surface area contributed by atoms with Crippen LogP contribution in [0.1, 0.15) is 5.69 Å². The molecule has 0 amide bonds. The van der Waals surface area contributed by atoms with Gasteiger partial charge in [-0.3, -0.25) is 0 Å². The molecule has 0 aliphatic carbocycles. The van der Waals surface area contributed by atoms with Crippen molar-refractivity contribution in [3.63, 3.8) is 0 Å². The maximum atomic E-state index is 5.79. The summed E-state index contributed by atoms with van der Waals surface area (Å²) >= 11 is 0. The molecule has 1 heterocycles. The van der Waals surface area contributed by atoms with Gasteiger partial charge in [-0.1, -0.05) is 61.7 Å². The van der Waals surface area contributed by atoms with Crippen molar-refractivity contribution in [2.45, 2.75) is 0 Å². The van der Waals surface area contributed by atoms with Gasteiger partial charge in [0.25, 0.3) is 0 Å². The lowest BCUT2D eigenvalue weighted by molar-refractivity contribution is 1.16. The van der Waals surface area contributed by atoms with Crippen molar-refractivity contribution in [2.75, 3.05) is 5.73 Å². The molecule has 0 spiro atoms. The first-order valence-corrected chi connectivity index (χ1v) is 7.97. The van der Waals surface area contributed by atoms with Crippen molar-refractivity contribution in [1.82, 2.24) is 9.97 Å². The molecule has 3 nitrogen and oxygen atoms in total. The zero-order chi connectivity index (χ0) is 17.6. The van der Waals surface area contributed by atoms with Gasteiger partial charge in [-0.2, -0.15) is 0 Å². The first kappa shape index (κ1) is 16.4. The van der Waals surface area contributed by atoms with E-state index in [0.29, 0.717) is 11.5 Å². The Balaban J connectivity index is 2.21. The van der Waals surface area contributed by atoms with Crippen LogP contribution in [0, 0.1) is 0 Å². The third-order valence-corrected chi connectivity index (χ3v) is 3.78. The highest BCUT2D eigenvalue weighted by atomic mass is 14.9. The Hall–Kier alpha value is -3.46. The number of rotatable bonds is 5. The van der Waals surface area contributed by atoms with Crippen LogP contribution in [0.4, 0.5) is 5.69 Å². The average molecular weight is 325 g/mol. The van der Waals surface area contributed by atoms with E-state index in [1.165, 1.54) is 0 Å². The zero-order valence-electron chi connectivity index (χ0n) is 13.9. The van der Waals surface area contributed by atoms with Gasteiger partial charge in [-0.05, 0) is 35.9 Å².